The molecule has 7 nitrogen and oxygen atoms in total. The number of amides is 1. The maximum Gasteiger partial charge on any atom is 0.289 e. The summed E-state index contributed by atoms with van der Waals surface area (Å²) in [4.78, 5) is 19.3. The van der Waals surface area contributed by atoms with Gasteiger partial charge in [0.1, 0.15) is 6.61 Å². The molecule has 4 rings (SSSR count). The third-order valence-corrected chi connectivity index (χ3v) is 6.11. The first kappa shape index (κ1) is 21.7. The maximum atomic E-state index is 12.6. The number of hydrogen-bond acceptors (Lipinski definition) is 6. The fraction of sp³-hybridized carbons (Fsp3) is 0.542. The molecule has 0 bridgehead atoms. The zero-order valence-corrected chi connectivity index (χ0v) is 18.4. The van der Waals surface area contributed by atoms with Gasteiger partial charge in [0.2, 0.25) is 0 Å². The van der Waals surface area contributed by atoms with Crippen LogP contribution < -0.4 is 9.47 Å². The average Bonchev–Trinajstić information content (AvgIpc) is 3.46. The van der Waals surface area contributed by atoms with E-state index in [4.69, 9.17) is 13.9 Å². The minimum absolute atomic E-state index is 0.0241. The molecule has 1 aromatic carbocycles. The van der Waals surface area contributed by atoms with Gasteiger partial charge in [0.15, 0.2) is 17.3 Å². The van der Waals surface area contributed by atoms with Crippen molar-refractivity contribution in [2.24, 2.45) is 0 Å². The van der Waals surface area contributed by atoms with Gasteiger partial charge in [0.25, 0.3) is 5.91 Å². The first-order valence-electron chi connectivity index (χ1n) is 11.3. The van der Waals surface area contributed by atoms with Crippen molar-refractivity contribution in [2.75, 3.05) is 59.5 Å². The Bertz CT molecular complexity index is 833. The molecule has 2 aromatic rings. The van der Waals surface area contributed by atoms with Gasteiger partial charge >= 0.3 is 0 Å². The van der Waals surface area contributed by atoms with Crippen LogP contribution in [0.3, 0.4) is 0 Å². The van der Waals surface area contributed by atoms with Crippen LogP contribution >= 0.6 is 0 Å². The zero-order valence-electron chi connectivity index (χ0n) is 18.4. The van der Waals surface area contributed by atoms with E-state index in [1.165, 1.54) is 31.5 Å². The van der Waals surface area contributed by atoms with Gasteiger partial charge in [-0.3, -0.25) is 14.6 Å². The van der Waals surface area contributed by atoms with E-state index in [0.717, 1.165) is 50.6 Å². The summed E-state index contributed by atoms with van der Waals surface area (Å²) in [5.41, 5.74) is 1.19. The van der Waals surface area contributed by atoms with Crippen molar-refractivity contribution in [1.29, 1.82) is 0 Å². The number of carbonyl (C=O) groups excluding carboxylic acids is 1. The fourth-order valence-corrected chi connectivity index (χ4v) is 4.37. The van der Waals surface area contributed by atoms with E-state index >= 15 is 0 Å². The van der Waals surface area contributed by atoms with Gasteiger partial charge in [-0.25, -0.2) is 0 Å². The van der Waals surface area contributed by atoms with Gasteiger partial charge in [-0.05, 0) is 62.2 Å². The highest BCUT2D eigenvalue weighted by Gasteiger charge is 2.22. The topological polar surface area (TPSA) is 58.4 Å². The third-order valence-electron chi connectivity index (χ3n) is 6.11. The van der Waals surface area contributed by atoms with Crippen molar-refractivity contribution in [2.45, 2.75) is 25.8 Å². The lowest BCUT2D eigenvalue weighted by Gasteiger charge is -2.22. The molecule has 0 atom stereocenters. The number of carbonyl (C=O) groups is 1. The highest BCUT2D eigenvalue weighted by molar-refractivity contribution is 5.91. The van der Waals surface area contributed by atoms with Crippen molar-refractivity contribution in [3.8, 4) is 11.5 Å². The monoisotopic (exact) mass is 427 g/mol. The standard InChI is InChI=1S/C24H33N3O4/c1-29-23-18-20(7-8-21(23)31-17-15-25-9-2-3-10-25)19-26-11-5-12-27(14-13-26)24(28)22-6-4-16-30-22/h4,6-8,16,18H,2-3,5,9-15,17,19H2,1H3. The second kappa shape index (κ2) is 10.7. The smallest absolute Gasteiger partial charge is 0.289 e. The van der Waals surface area contributed by atoms with Crippen LogP contribution in [0, 0.1) is 0 Å². The van der Waals surface area contributed by atoms with E-state index in [9.17, 15) is 4.79 Å². The Morgan fingerprint density at radius 3 is 2.58 bits per heavy atom. The molecule has 0 saturated carbocycles. The second-order valence-corrected chi connectivity index (χ2v) is 8.28. The summed E-state index contributed by atoms with van der Waals surface area (Å²) in [5, 5.41) is 0. The summed E-state index contributed by atoms with van der Waals surface area (Å²) in [6.07, 6.45) is 5.08. The molecule has 3 heterocycles. The molecule has 7 heteroatoms. The van der Waals surface area contributed by atoms with E-state index in [0.29, 0.717) is 18.9 Å². The molecule has 1 amide bonds. The number of benzene rings is 1. The number of nitrogens with zero attached hydrogens (tertiary/aromatic N) is 3. The molecule has 2 saturated heterocycles. The third kappa shape index (κ3) is 5.80. The minimum Gasteiger partial charge on any atom is -0.493 e. The Balaban J connectivity index is 1.29. The maximum absolute atomic E-state index is 12.6. The van der Waals surface area contributed by atoms with Crippen molar-refractivity contribution in [3.05, 3.63) is 47.9 Å². The minimum atomic E-state index is -0.0241. The van der Waals surface area contributed by atoms with Gasteiger partial charge < -0.3 is 18.8 Å². The molecule has 0 unspecified atom stereocenters. The molecule has 168 valence electrons. The Morgan fingerprint density at radius 1 is 0.968 bits per heavy atom. The summed E-state index contributed by atoms with van der Waals surface area (Å²) < 4.78 is 16.9. The van der Waals surface area contributed by atoms with Gasteiger partial charge in [-0.2, -0.15) is 0 Å². The van der Waals surface area contributed by atoms with Crippen LogP contribution in [-0.2, 0) is 6.54 Å². The highest BCUT2D eigenvalue weighted by atomic mass is 16.5. The summed E-state index contributed by atoms with van der Waals surface area (Å²) in [7, 11) is 1.69. The Morgan fingerprint density at radius 2 is 1.81 bits per heavy atom. The highest BCUT2D eigenvalue weighted by Crippen LogP contribution is 2.29. The van der Waals surface area contributed by atoms with Crippen molar-refractivity contribution >= 4 is 5.91 Å². The lowest BCUT2D eigenvalue weighted by Crippen LogP contribution is -2.34. The first-order chi connectivity index (χ1) is 15.2. The van der Waals surface area contributed by atoms with Crippen molar-refractivity contribution in [3.63, 3.8) is 0 Å². The molecule has 1 aromatic heterocycles. The van der Waals surface area contributed by atoms with Crippen LogP contribution in [0.25, 0.3) is 0 Å². The zero-order chi connectivity index (χ0) is 21.5. The van der Waals surface area contributed by atoms with E-state index < -0.39 is 0 Å². The molecular formula is C24H33N3O4. The molecule has 2 fully saturated rings. The van der Waals surface area contributed by atoms with E-state index in [2.05, 4.69) is 21.9 Å². The summed E-state index contributed by atoms with van der Waals surface area (Å²) in [5.74, 6) is 1.97. The van der Waals surface area contributed by atoms with E-state index in [-0.39, 0.29) is 5.91 Å². The first-order valence-corrected chi connectivity index (χ1v) is 11.3. The number of rotatable bonds is 8. The average molecular weight is 428 g/mol. The number of ether oxygens (including phenoxy) is 2. The van der Waals surface area contributed by atoms with Crippen LogP contribution in [0.15, 0.2) is 41.0 Å². The van der Waals surface area contributed by atoms with Gasteiger partial charge in [-0.1, -0.05) is 6.07 Å². The predicted octanol–water partition coefficient (Wildman–Crippen LogP) is 3.11. The number of furan rings is 1. The summed E-state index contributed by atoms with van der Waals surface area (Å²) >= 11 is 0. The van der Waals surface area contributed by atoms with Gasteiger partial charge in [0.05, 0.1) is 13.4 Å². The summed E-state index contributed by atoms with van der Waals surface area (Å²) in [6, 6.07) is 9.69. The molecular weight excluding hydrogens is 394 g/mol. The Labute approximate surface area is 184 Å². The lowest BCUT2D eigenvalue weighted by atomic mass is 10.2. The van der Waals surface area contributed by atoms with Crippen LogP contribution in [0.4, 0.5) is 0 Å². The van der Waals surface area contributed by atoms with Crippen LogP contribution in [0.5, 0.6) is 11.5 Å². The number of likely N-dealkylation sites (tertiary alicyclic amines) is 1. The number of hydrogen-bond donors (Lipinski definition) is 0. The molecule has 0 aliphatic carbocycles. The molecule has 2 aliphatic rings. The second-order valence-electron chi connectivity index (χ2n) is 8.28. The molecule has 0 spiro atoms. The molecule has 31 heavy (non-hydrogen) atoms. The Hall–Kier alpha value is -2.51. The fourth-order valence-electron chi connectivity index (χ4n) is 4.37. The van der Waals surface area contributed by atoms with E-state index in [1.807, 2.05) is 11.0 Å². The van der Waals surface area contributed by atoms with Crippen LogP contribution in [-0.4, -0.2) is 80.1 Å². The van der Waals surface area contributed by atoms with Gasteiger partial charge in [-0.15, -0.1) is 0 Å². The molecule has 0 radical (unpaired) electrons. The van der Waals surface area contributed by atoms with Crippen molar-refractivity contribution < 1.29 is 18.7 Å². The van der Waals surface area contributed by atoms with Crippen molar-refractivity contribution in [1.82, 2.24) is 14.7 Å². The summed E-state index contributed by atoms with van der Waals surface area (Å²) in [6.45, 7) is 8.08. The molecule has 2 aliphatic heterocycles. The van der Waals surface area contributed by atoms with Crippen LogP contribution in [0.2, 0.25) is 0 Å². The Kier molecular flexibility index (Phi) is 7.48. The lowest BCUT2D eigenvalue weighted by molar-refractivity contribution is 0.0729. The predicted molar refractivity (Wildman–Crippen MR) is 119 cm³/mol. The van der Waals surface area contributed by atoms with E-state index in [1.54, 1.807) is 25.5 Å². The van der Waals surface area contributed by atoms with Gasteiger partial charge in [0, 0.05) is 39.3 Å². The van der Waals surface area contributed by atoms with Crippen LogP contribution in [0.1, 0.15) is 35.4 Å². The molecule has 0 N–H and O–H groups in total. The number of methoxy groups -OCH3 is 1. The SMILES string of the molecule is COc1cc(CN2CCCN(C(=O)c3ccco3)CC2)ccc1OCCN1CCCC1. The normalized spacial score (nSPS) is 18.2. The largest absolute Gasteiger partial charge is 0.493 e. The quantitative estimate of drug-likeness (QED) is 0.645.